The zero-order chi connectivity index (χ0) is 19.0. The standard InChI is InChI=1S/C19H24N4O3S/c1-12-20-21-19(23(12)15-4-5-15)27-11-18(24)22-7-6-13-8-16(25-2)17(26-3)9-14(13)10-22/h8-9,15H,4-7,10-11H2,1-3H3. The van der Waals surface area contributed by atoms with Crippen LogP contribution in [0.1, 0.15) is 35.8 Å². The van der Waals surface area contributed by atoms with Crippen molar-refractivity contribution in [3.05, 3.63) is 29.1 Å². The monoisotopic (exact) mass is 388 g/mol. The van der Waals surface area contributed by atoms with Gasteiger partial charge in [-0.25, -0.2) is 0 Å². The van der Waals surface area contributed by atoms with Crippen LogP contribution in [0.5, 0.6) is 11.5 Å². The second kappa shape index (κ2) is 7.42. The average molecular weight is 388 g/mol. The fraction of sp³-hybridized carbons (Fsp3) is 0.526. The van der Waals surface area contributed by atoms with Crippen molar-refractivity contribution >= 4 is 17.7 Å². The van der Waals surface area contributed by atoms with E-state index in [1.807, 2.05) is 24.0 Å². The number of rotatable bonds is 6. The van der Waals surface area contributed by atoms with Crippen LogP contribution in [0.25, 0.3) is 0 Å². The maximum atomic E-state index is 12.8. The molecule has 1 amide bonds. The van der Waals surface area contributed by atoms with Crippen LogP contribution in [0.3, 0.4) is 0 Å². The first kappa shape index (κ1) is 18.2. The van der Waals surface area contributed by atoms with Gasteiger partial charge in [-0.05, 0) is 49.4 Å². The van der Waals surface area contributed by atoms with Crippen LogP contribution < -0.4 is 9.47 Å². The molecule has 0 saturated heterocycles. The van der Waals surface area contributed by atoms with Crippen molar-refractivity contribution in [2.45, 2.75) is 43.9 Å². The van der Waals surface area contributed by atoms with E-state index in [9.17, 15) is 4.79 Å². The van der Waals surface area contributed by atoms with Gasteiger partial charge in [0.05, 0.1) is 20.0 Å². The molecular formula is C19H24N4O3S. The summed E-state index contributed by atoms with van der Waals surface area (Å²) in [7, 11) is 3.27. The highest BCUT2D eigenvalue weighted by atomic mass is 32.2. The van der Waals surface area contributed by atoms with Gasteiger partial charge < -0.3 is 18.9 Å². The maximum Gasteiger partial charge on any atom is 0.233 e. The maximum absolute atomic E-state index is 12.8. The van der Waals surface area contributed by atoms with E-state index in [4.69, 9.17) is 9.47 Å². The minimum absolute atomic E-state index is 0.128. The minimum atomic E-state index is 0.128. The third-order valence-electron chi connectivity index (χ3n) is 5.14. The van der Waals surface area contributed by atoms with Gasteiger partial charge in [-0.3, -0.25) is 4.79 Å². The zero-order valence-electron chi connectivity index (χ0n) is 15.9. The molecule has 4 rings (SSSR count). The molecule has 0 atom stereocenters. The first-order valence-electron chi connectivity index (χ1n) is 9.16. The Morgan fingerprint density at radius 1 is 1.19 bits per heavy atom. The number of ether oxygens (including phenoxy) is 2. The summed E-state index contributed by atoms with van der Waals surface area (Å²) >= 11 is 1.49. The first-order chi connectivity index (χ1) is 13.1. The molecular weight excluding hydrogens is 364 g/mol. The Labute approximate surface area is 163 Å². The van der Waals surface area contributed by atoms with Gasteiger partial charge in [-0.15, -0.1) is 10.2 Å². The van der Waals surface area contributed by atoms with Crippen molar-refractivity contribution in [3.8, 4) is 11.5 Å². The van der Waals surface area contributed by atoms with Crippen LogP contribution in [-0.2, 0) is 17.8 Å². The highest BCUT2D eigenvalue weighted by Gasteiger charge is 2.29. The van der Waals surface area contributed by atoms with E-state index in [1.165, 1.54) is 30.2 Å². The number of nitrogens with zero attached hydrogens (tertiary/aromatic N) is 4. The number of carbonyl (C=O) groups excluding carboxylic acids is 1. The number of carbonyl (C=O) groups is 1. The predicted molar refractivity (Wildman–Crippen MR) is 102 cm³/mol. The molecule has 1 aliphatic heterocycles. The largest absolute Gasteiger partial charge is 0.493 e. The Hall–Kier alpha value is -2.22. The topological polar surface area (TPSA) is 69.5 Å². The average Bonchev–Trinajstić information content (AvgIpc) is 3.46. The lowest BCUT2D eigenvalue weighted by molar-refractivity contribution is -0.129. The second-order valence-electron chi connectivity index (χ2n) is 6.96. The Morgan fingerprint density at radius 3 is 2.56 bits per heavy atom. The second-order valence-corrected chi connectivity index (χ2v) is 7.90. The van der Waals surface area contributed by atoms with Crippen LogP contribution in [-0.4, -0.2) is 52.1 Å². The third-order valence-corrected chi connectivity index (χ3v) is 6.07. The Morgan fingerprint density at radius 2 is 1.89 bits per heavy atom. The molecule has 0 unspecified atom stereocenters. The van der Waals surface area contributed by atoms with Crippen LogP contribution in [0, 0.1) is 6.92 Å². The molecule has 2 aromatic rings. The molecule has 0 spiro atoms. The van der Waals surface area contributed by atoms with E-state index in [0.29, 0.717) is 24.1 Å². The Bertz CT molecular complexity index is 863. The highest BCUT2D eigenvalue weighted by Crippen LogP contribution is 2.38. The molecule has 0 N–H and O–H groups in total. The normalized spacial score (nSPS) is 16.2. The molecule has 1 fully saturated rings. The van der Waals surface area contributed by atoms with E-state index in [0.717, 1.165) is 35.3 Å². The highest BCUT2D eigenvalue weighted by molar-refractivity contribution is 7.99. The summed E-state index contributed by atoms with van der Waals surface area (Å²) < 4.78 is 12.9. The summed E-state index contributed by atoms with van der Waals surface area (Å²) in [6, 6.07) is 4.52. The molecule has 2 heterocycles. The lowest BCUT2D eigenvalue weighted by Crippen LogP contribution is -2.37. The molecule has 1 aliphatic carbocycles. The van der Waals surface area contributed by atoms with E-state index in [2.05, 4.69) is 14.8 Å². The number of fused-ring (bicyclic) bond motifs is 1. The number of methoxy groups -OCH3 is 2. The molecule has 7 nitrogen and oxygen atoms in total. The van der Waals surface area contributed by atoms with Crippen LogP contribution in [0.4, 0.5) is 0 Å². The smallest absolute Gasteiger partial charge is 0.233 e. The summed E-state index contributed by atoms with van der Waals surface area (Å²) in [5, 5.41) is 9.28. The van der Waals surface area contributed by atoms with E-state index >= 15 is 0 Å². The molecule has 8 heteroatoms. The quantitative estimate of drug-likeness (QED) is 0.709. The number of aromatic nitrogens is 3. The van der Waals surface area contributed by atoms with E-state index in [1.54, 1.807) is 14.2 Å². The molecule has 27 heavy (non-hydrogen) atoms. The van der Waals surface area contributed by atoms with Gasteiger partial charge >= 0.3 is 0 Å². The Balaban J connectivity index is 1.42. The lowest BCUT2D eigenvalue weighted by Gasteiger charge is -2.29. The number of amides is 1. The minimum Gasteiger partial charge on any atom is -0.493 e. The fourth-order valence-electron chi connectivity index (χ4n) is 3.52. The van der Waals surface area contributed by atoms with Crippen LogP contribution >= 0.6 is 11.8 Å². The molecule has 1 aromatic heterocycles. The van der Waals surface area contributed by atoms with E-state index in [-0.39, 0.29) is 5.91 Å². The molecule has 2 aliphatic rings. The number of hydrogen-bond donors (Lipinski definition) is 0. The summed E-state index contributed by atoms with van der Waals surface area (Å²) in [5.41, 5.74) is 2.34. The Kier molecular flexibility index (Phi) is 4.99. The number of aryl methyl sites for hydroxylation is 1. The van der Waals surface area contributed by atoms with Crippen LogP contribution in [0.2, 0.25) is 0 Å². The van der Waals surface area contributed by atoms with E-state index < -0.39 is 0 Å². The van der Waals surface area contributed by atoms with Gasteiger partial charge in [0.2, 0.25) is 5.91 Å². The van der Waals surface area contributed by atoms with Gasteiger partial charge in [-0.1, -0.05) is 11.8 Å². The number of thioether (sulfide) groups is 1. The summed E-state index contributed by atoms with van der Waals surface area (Å²) in [6.07, 6.45) is 3.17. The van der Waals surface area contributed by atoms with Gasteiger partial charge in [-0.2, -0.15) is 0 Å². The van der Waals surface area contributed by atoms with Gasteiger partial charge in [0, 0.05) is 19.1 Å². The van der Waals surface area contributed by atoms with Crippen molar-refractivity contribution < 1.29 is 14.3 Å². The molecule has 1 aromatic carbocycles. The van der Waals surface area contributed by atoms with Crippen molar-refractivity contribution in [1.82, 2.24) is 19.7 Å². The molecule has 1 saturated carbocycles. The molecule has 144 valence electrons. The lowest BCUT2D eigenvalue weighted by atomic mass is 9.99. The number of benzene rings is 1. The molecule has 0 bridgehead atoms. The fourth-order valence-corrected chi connectivity index (χ4v) is 4.47. The number of hydrogen-bond acceptors (Lipinski definition) is 6. The van der Waals surface area contributed by atoms with Crippen molar-refractivity contribution in [3.63, 3.8) is 0 Å². The van der Waals surface area contributed by atoms with Crippen molar-refractivity contribution in [2.75, 3.05) is 26.5 Å². The van der Waals surface area contributed by atoms with Crippen molar-refractivity contribution in [1.29, 1.82) is 0 Å². The zero-order valence-corrected chi connectivity index (χ0v) is 16.7. The predicted octanol–water partition coefficient (Wildman–Crippen LogP) is 2.62. The molecule has 0 radical (unpaired) electrons. The van der Waals surface area contributed by atoms with Crippen molar-refractivity contribution in [2.24, 2.45) is 0 Å². The summed E-state index contributed by atoms with van der Waals surface area (Å²) in [5.74, 6) is 2.88. The van der Waals surface area contributed by atoms with Gasteiger partial charge in [0.1, 0.15) is 5.82 Å². The summed E-state index contributed by atoms with van der Waals surface area (Å²) in [4.78, 5) is 14.7. The SMILES string of the molecule is COc1cc2c(cc1OC)CN(C(=O)CSc1nnc(C)n1C1CC1)CC2. The van der Waals surface area contributed by atoms with Crippen LogP contribution in [0.15, 0.2) is 17.3 Å². The summed E-state index contributed by atoms with van der Waals surface area (Å²) in [6.45, 7) is 3.29. The third kappa shape index (κ3) is 3.63. The van der Waals surface area contributed by atoms with Gasteiger partial charge in [0.25, 0.3) is 0 Å². The van der Waals surface area contributed by atoms with Gasteiger partial charge in [0.15, 0.2) is 16.7 Å². The first-order valence-corrected chi connectivity index (χ1v) is 10.1.